The van der Waals surface area contributed by atoms with Gasteiger partial charge in [0.2, 0.25) is 0 Å². The van der Waals surface area contributed by atoms with Gasteiger partial charge in [-0.2, -0.15) is 0 Å². The van der Waals surface area contributed by atoms with Gasteiger partial charge in [0.05, 0.1) is 0 Å². The summed E-state index contributed by atoms with van der Waals surface area (Å²) in [5.41, 5.74) is 5.48. The summed E-state index contributed by atoms with van der Waals surface area (Å²) in [5, 5.41) is 3.44. The maximum absolute atomic E-state index is 5.78. The molecule has 0 saturated heterocycles. The number of anilines is 1. The molecule has 0 amide bonds. The van der Waals surface area contributed by atoms with Crippen LogP contribution in [0.25, 0.3) is 11.1 Å². The van der Waals surface area contributed by atoms with E-state index in [9.17, 15) is 0 Å². The zero-order valence-corrected chi connectivity index (χ0v) is 12.1. The molecule has 1 saturated carbocycles. The van der Waals surface area contributed by atoms with Crippen molar-refractivity contribution in [1.29, 1.82) is 0 Å². The third-order valence-electron chi connectivity index (χ3n) is 3.95. The van der Waals surface area contributed by atoms with E-state index in [1.54, 1.807) is 0 Å². The van der Waals surface area contributed by atoms with E-state index in [4.69, 9.17) is 4.42 Å². The number of fused-ring (bicyclic) bond motifs is 1. The molecule has 0 spiro atoms. The molecule has 0 unspecified atom stereocenters. The molecule has 3 nitrogen and oxygen atoms in total. The lowest BCUT2D eigenvalue weighted by atomic mass is 10.1. The largest absolute Gasteiger partial charge is 0.440 e. The average Bonchev–Trinajstić information content (AvgIpc) is 3.26. The third-order valence-corrected chi connectivity index (χ3v) is 3.95. The smallest absolute Gasteiger partial charge is 0.198 e. The van der Waals surface area contributed by atoms with Crippen LogP contribution in [0, 0.1) is 6.92 Å². The van der Waals surface area contributed by atoms with Crippen LogP contribution in [0.2, 0.25) is 0 Å². The normalized spacial score (nSPS) is 14.5. The Kier molecular flexibility index (Phi) is 2.92. The Morgan fingerprint density at radius 1 is 1.14 bits per heavy atom. The Labute approximate surface area is 124 Å². The van der Waals surface area contributed by atoms with Crippen molar-refractivity contribution in [1.82, 2.24) is 4.98 Å². The molecule has 4 rings (SSSR count). The molecule has 2 aromatic carbocycles. The maximum atomic E-state index is 5.78. The Morgan fingerprint density at radius 2 is 1.95 bits per heavy atom. The van der Waals surface area contributed by atoms with E-state index in [0.29, 0.717) is 5.92 Å². The molecular weight excluding hydrogens is 260 g/mol. The summed E-state index contributed by atoms with van der Waals surface area (Å²) in [5.74, 6) is 1.46. The molecule has 106 valence electrons. The van der Waals surface area contributed by atoms with Gasteiger partial charge in [0.15, 0.2) is 11.5 Å². The first kappa shape index (κ1) is 12.5. The minimum Gasteiger partial charge on any atom is -0.440 e. The predicted molar refractivity (Wildman–Crippen MR) is 84.5 cm³/mol. The summed E-state index contributed by atoms with van der Waals surface area (Å²) in [4.78, 5) is 4.60. The van der Waals surface area contributed by atoms with E-state index < -0.39 is 0 Å². The second-order valence-corrected chi connectivity index (χ2v) is 5.85. The van der Waals surface area contributed by atoms with E-state index in [-0.39, 0.29) is 0 Å². The topological polar surface area (TPSA) is 38.1 Å². The fourth-order valence-electron chi connectivity index (χ4n) is 2.47. The highest BCUT2D eigenvalue weighted by molar-refractivity contribution is 5.77. The van der Waals surface area contributed by atoms with Crippen LogP contribution >= 0.6 is 0 Å². The average molecular weight is 278 g/mol. The van der Waals surface area contributed by atoms with E-state index >= 15 is 0 Å². The number of rotatable bonds is 4. The molecule has 1 aliphatic rings. The van der Waals surface area contributed by atoms with Gasteiger partial charge in [-0.1, -0.05) is 29.8 Å². The summed E-state index contributed by atoms with van der Waals surface area (Å²) in [6.07, 6.45) is 2.43. The van der Waals surface area contributed by atoms with Gasteiger partial charge in [-0.25, -0.2) is 4.98 Å². The van der Waals surface area contributed by atoms with Crippen LogP contribution in [0.15, 0.2) is 46.9 Å². The number of hydrogen-bond donors (Lipinski definition) is 1. The first-order chi connectivity index (χ1) is 10.3. The molecule has 0 radical (unpaired) electrons. The number of hydrogen-bond acceptors (Lipinski definition) is 3. The number of oxazole rings is 1. The molecule has 1 aromatic heterocycles. The standard InChI is InChI=1S/C18H18N2O/c1-12-2-4-13(5-3-12)11-19-15-8-9-17-16(10-15)20-18(21-17)14-6-7-14/h2-5,8-10,14,19H,6-7,11H2,1H3. The minimum atomic E-state index is 0.557. The molecule has 0 bridgehead atoms. The maximum Gasteiger partial charge on any atom is 0.198 e. The van der Waals surface area contributed by atoms with Crippen LogP contribution in [0.5, 0.6) is 0 Å². The van der Waals surface area contributed by atoms with Crippen LogP contribution in [0.4, 0.5) is 5.69 Å². The highest BCUT2D eigenvalue weighted by Crippen LogP contribution is 2.40. The lowest BCUT2D eigenvalue weighted by Crippen LogP contribution is -1.98. The highest BCUT2D eigenvalue weighted by Gasteiger charge is 2.28. The van der Waals surface area contributed by atoms with Crippen LogP contribution in [-0.4, -0.2) is 4.98 Å². The number of nitrogens with zero attached hydrogens (tertiary/aromatic N) is 1. The molecule has 1 N–H and O–H groups in total. The molecular formula is C18H18N2O. The van der Waals surface area contributed by atoms with Crippen LogP contribution in [0.3, 0.4) is 0 Å². The first-order valence-corrected chi connectivity index (χ1v) is 7.48. The second-order valence-electron chi connectivity index (χ2n) is 5.85. The zero-order valence-electron chi connectivity index (χ0n) is 12.1. The van der Waals surface area contributed by atoms with Gasteiger partial charge in [-0.15, -0.1) is 0 Å². The summed E-state index contributed by atoms with van der Waals surface area (Å²) < 4.78 is 5.78. The Bertz CT molecular complexity index is 770. The summed E-state index contributed by atoms with van der Waals surface area (Å²) >= 11 is 0. The van der Waals surface area contributed by atoms with Crippen molar-refractivity contribution in [2.45, 2.75) is 32.2 Å². The van der Waals surface area contributed by atoms with E-state index in [1.165, 1.54) is 24.0 Å². The molecule has 21 heavy (non-hydrogen) atoms. The quantitative estimate of drug-likeness (QED) is 0.756. The molecule has 0 atom stereocenters. The molecule has 1 aliphatic carbocycles. The molecule has 0 aliphatic heterocycles. The predicted octanol–water partition coefficient (Wildman–Crippen LogP) is 4.63. The number of benzene rings is 2. The SMILES string of the molecule is Cc1ccc(CNc2ccc3oc(C4CC4)nc3c2)cc1. The molecule has 3 aromatic rings. The second kappa shape index (κ2) is 4.92. The Morgan fingerprint density at radius 3 is 2.71 bits per heavy atom. The van der Waals surface area contributed by atoms with Crippen molar-refractivity contribution in [2.24, 2.45) is 0 Å². The fourth-order valence-corrected chi connectivity index (χ4v) is 2.47. The van der Waals surface area contributed by atoms with Crippen LogP contribution in [0.1, 0.15) is 35.8 Å². The zero-order chi connectivity index (χ0) is 14.2. The van der Waals surface area contributed by atoms with Gasteiger partial charge < -0.3 is 9.73 Å². The van der Waals surface area contributed by atoms with Crippen molar-refractivity contribution >= 4 is 16.8 Å². The number of aromatic nitrogens is 1. The van der Waals surface area contributed by atoms with Gasteiger partial charge in [-0.3, -0.25) is 0 Å². The van der Waals surface area contributed by atoms with E-state index in [2.05, 4.69) is 53.6 Å². The van der Waals surface area contributed by atoms with Crippen molar-refractivity contribution < 1.29 is 4.42 Å². The Balaban J connectivity index is 1.51. The van der Waals surface area contributed by atoms with E-state index in [0.717, 1.165) is 29.2 Å². The van der Waals surface area contributed by atoms with Crippen molar-refractivity contribution in [3.8, 4) is 0 Å². The third kappa shape index (κ3) is 2.64. The van der Waals surface area contributed by atoms with E-state index in [1.807, 2.05) is 6.07 Å². The van der Waals surface area contributed by atoms with Crippen molar-refractivity contribution in [3.05, 3.63) is 59.5 Å². The van der Waals surface area contributed by atoms with Gasteiger partial charge in [0, 0.05) is 18.2 Å². The fraction of sp³-hybridized carbons (Fsp3) is 0.278. The van der Waals surface area contributed by atoms with Crippen molar-refractivity contribution in [3.63, 3.8) is 0 Å². The van der Waals surface area contributed by atoms with Crippen LogP contribution < -0.4 is 5.32 Å². The van der Waals surface area contributed by atoms with Crippen LogP contribution in [-0.2, 0) is 6.54 Å². The lowest BCUT2D eigenvalue weighted by molar-refractivity contribution is 0.533. The van der Waals surface area contributed by atoms with Crippen molar-refractivity contribution in [2.75, 3.05) is 5.32 Å². The summed E-state index contributed by atoms with van der Waals surface area (Å²) in [7, 11) is 0. The first-order valence-electron chi connectivity index (χ1n) is 7.48. The number of nitrogens with one attached hydrogen (secondary N) is 1. The minimum absolute atomic E-state index is 0.557. The van der Waals surface area contributed by atoms with Gasteiger partial charge in [0.1, 0.15) is 5.52 Å². The monoisotopic (exact) mass is 278 g/mol. The summed E-state index contributed by atoms with van der Waals surface area (Å²) in [6.45, 7) is 2.92. The van der Waals surface area contributed by atoms with Gasteiger partial charge in [-0.05, 0) is 43.5 Å². The van der Waals surface area contributed by atoms with Gasteiger partial charge in [0.25, 0.3) is 0 Å². The lowest BCUT2D eigenvalue weighted by Gasteiger charge is -2.06. The highest BCUT2D eigenvalue weighted by atomic mass is 16.3. The summed E-state index contributed by atoms with van der Waals surface area (Å²) in [6, 6.07) is 14.7. The Hall–Kier alpha value is -2.29. The molecule has 1 fully saturated rings. The van der Waals surface area contributed by atoms with Gasteiger partial charge >= 0.3 is 0 Å². The molecule has 3 heteroatoms. The number of aryl methyl sites for hydroxylation is 1. The molecule has 1 heterocycles.